The summed E-state index contributed by atoms with van der Waals surface area (Å²) in [5, 5.41) is 0. The minimum Gasteiger partial charge on any atom is -0.329 e. The first-order chi connectivity index (χ1) is 6.94. The summed E-state index contributed by atoms with van der Waals surface area (Å²) in [6, 6.07) is 8.17. The van der Waals surface area contributed by atoms with Gasteiger partial charge in [-0.2, -0.15) is 0 Å². The van der Waals surface area contributed by atoms with Gasteiger partial charge in [0.05, 0.1) is 0 Å². The van der Waals surface area contributed by atoms with Crippen molar-refractivity contribution in [3.63, 3.8) is 0 Å². The van der Waals surface area contributed by atoms with Gasteiger partial charge in [0.2, 0.25) is 0 Å². The minimum atomic E-state index is -0.0592. The Hall–Kier alpha value is -0.220. The SMILES string of the molecule is CC(C)(C)Sc1ccccc1[C@H](N)CN.Cl. The molecule has 0 fully saturated rings. The molecule has 92 valence electrons. The molecule has 4 heteroatoms. The van der Waals surface area contributed by atoms with E-state index in [9.17, 15) is 0 Å². The van der Waals surface area contributed by atoms with Crippen LogP contribution in [0.25, 0.3) is 0 Å². The summed E-state index contributed by atoms with van der Waals surface area (Å²) in [5.74, 6) is 0. The van der Waals surface area contributed by atoms with Gasteiger partial charge in [0.25, 0.3) is 0 Å². The highest BCUT2D eigenvalue weighted by molar-refractivity contribution is 8.00. The van der Waals surface area contributed by atoms with Crippen LogP contribution in [-0.4, -0.2) is 11.3 Å². The van der Waals surface area contributed by atoms with Crippen LogP contribution in [0.4, 0.5) is 0 Å². The third-order valence-corrected chi connectivity index (χ3v) is 3.19. The van der Waals surface area contributed by atoms with Gasteiger partial charge in [-0.05, 0) is 11.6 Å². The molecule has 0 aliphatic rings. The number of hydrogen-bond acceptors (Lipinski definition) is 3. The van der Waals surface area contributed by atoms with Gasteiger partial charge >= 0.3 is 0 Å². The van der Waals surface area contributed by atoms with Crippen molar-refractivity contribution in [1.82, 2.24) is 0 Å². The number of rotatable bonds is 3. The Morgan fingerprint density at radius 1 is 1.25 bits per heavy atom. The van der Waals surface area contributed by atoms with Crippen molar-refractivity contribution in [3.05, 3.63) is 29.8 Å². The van der Waals surface area contributed by atoms with Crippen LogP contribution in [0.15, 0.2) is 29.2 Å². The van der Waals surface area contributed by atoms with E-state index < -0.39 is 0 Å². The van der Waals surface area contributed by atoms with Crippen molar-refractivity contribution in [3.8, 4) is 0 Å². The molecular formula is C12H21ClN2S. The molecule has 1 aromatic rings. The molecule has 1 rings (SSSR count). The molecule has 0 bridgehead atoms. The summed E-state index contributed by atoms with van der Waals surface area (Å²) in [4.78, 5) is 1.24. The molecule has 0 spiro atoms. The molecule has 0 radical (unpaired) electrons. The molecule has 0 aliphatic carbocycles. The lowest BCUT2D eigenvalue weighted by molar-refractivity contribution is 0.719. The highest BCUT2D eigenvalue weighted by atomic mass is 35.5. The predicted octanol–water partition coefficient (Wildman–Crippen LogP) is 2.96. The van der Waals surface area contributed by atoms with Crippen LogP contribution in [-0.2, 0) is 0 Å². The van der Waals surface area contributed by atoms with Gasteiger partial charge in [0, 0.05) is 22.2 Å². The third-order valence-electron chi connectivity index (χ3n) is 1.99. The van der Waals surface area contributed by atoms with Gasteiger partial charge in [-0.25, -0.2) is 0 Å². The van der Waals surface area contributed by atoms with Crippen LogP contribution < -0.4 is 11.5 Å². The van der Waals surface area contributed by atoms with Crippen LogP contribution in [0.5, 0.6) is 0 Å². The second-order valence-corrected chi connectivity index (χ2v) is 6.46. The topological polar surface area (TPSA) is 52.0 Å². The molecule has 2 nitrogen and oxygen atoms in total. The lowest BCUT2D eigenvalue weighted by Gasteiger charge is -2.21. The van der Waals surface area contributed by atoms with Crippen molar-refractivity contribution in [2.45, 2.75) is 36.5 Å². The van der Waals surface area contributed by atoms with E-state index >= 15 is 0 Å². The van der Waals surface area contributed by atoms with Crippen molar-refractivity contribution in [1.29, 1.82) is 0 Å². The zero-order valence-corrected chi connectivity index (χ0v) is 11.7. The van der Waals surface area contributed by atoms with Crippen molar-refractivity contribution in [2.75, 3.05) is 6.54 Å². The standard InChI is InChI=1S/C12H20N2S.ClH/c1-12(2,3)15-11-7-5-4-6-9(11)10(14)8-13;/h4-7,10H,8,13-14H2,1-3H3;1H/t10-;/m1./s1. The highest BCUT2D eigenvalue weighted by Crippen LogP contribution is 2.35. The first-order valence-corrected chi connectivity index (χ1v) is 5.99. The van der Waals surface area contributed by atoms with E-state index in [0.717, 1.165) is 5.56 Å². The smallest absolute Gasteiger partial charge is 0.0430 e. The number of benzene rings is 1. The fraction of sp³-hybridized carbons (Fsp3) is 0.500. The molecule has 0 saturated carbocycles. The Balaban J connectivity index is 0.00000225. The summed E-state index contributed by atoms with van der Waals surface area (Å²) < 4.78 is 0.199. The first-order valence-electron chi connectivity index (χ1n) is 5.17. The molecule has 4 N–H and O–H groups in total. The zero-order chi connectivity index (χ0) is 11.5. The fourth-order valence-electron chi connectivity index (χ4n) is 1.34. The van der Waals surface area contributed by atoms with Gasteiger partial charge in [0.1, 0.15) is 0 Å². The average Bonchev–Trinajstić information content (AvgIpc) is 2.15. The Bertz CT molecular complexity index is 323. The van der Waals surface area contributed by atoms with E-state index in [4.69, 9.17) is 11.5 Å². The molecule has 0 unspecified atom stereocenters. The van der Waals surface area contributed by atoms with Crippen LogP contribution in [0.3, 0.4) is 0 Å². The maximum Gasteiger partial charge on any atom is 0.0430 e. The molecule has 1 atom stereocenters. The van der Waals surface area contributed by atoms with Crippen LogP contribution in [0.2, 0.25) is 0 Å². The second kappa shape index (κ2) is 6.50. The predicted molar refractivity (Wildman–Crippen MR) is 75.3 cm³/mol. The molecule has 0 saturated heterocycles. The first kappa shape index (κ1) is 15.8. The summed E-state index contributed by atoms with van der Waals surface area (Å²) in [6.07, 6.45) is 0. The molecule has 0 heterocycles. The third kappa shape index (κ3) is 4.74. The Labute approximate surface area is 109 Å². The van der Waals surface area contributed by atoms with Gasteiger partial charge in [-0.3, -0.25) is 0 Å². The molecule has 1 aromatic carbocycles. The van der Waals surface area contributed by atoms with Crippen molar-refractivity contribution in [2.24, 2.45) is 11.5 Å². The lowest BCUT2D eigenvalue weighted by Crippen LogP contribution is -2.22. The number of hydrogen-bond donors (Lipinski definition) is 2. The van der Waals surface area contributed by atoms with E-state index in [-0.39, 0.29) is 23.2 Å². The Morgan fingerprint density at radius 2 is 1.81 bits per heavy atom. The van der Waals surface area contributed by atoms with Gasteiger partial charge in [-0.15, -0.1) is 24.2 Å². The molecule has 16 heavy (non-hydrogen) atoms. The molecule has 0 amide bonds. The van der Waals surface area contributed by atoms with E-state index in [1.807, 2.05) is 23.9 Å². The normalized spacial score (nSPS) is 13.1. The summed E-state index contributed by atoms with van der Waals surface area (Å²) in [7, 11) is 0. The number of halogens is 1. The van der Waals surface area contributed by atoms with Gasteiger partial charge < -0.3 is 11.5 Å². The summed E-state index contributed by atoms with van der Waals surface area (Å²) in [5.41, 5.74) is 12.7. The summed E-state index contributed by atoms with van der Waals surface area (Å²) in [6.45, 7) is 7.08. The van der Waals surface area contributed by atoms with E-state index in [1.54, 1.807) is 0 Å². The lowest BCUT2D eigenvalue weighted by atomic mass is 10.1. The van der Waals surface area contributed by atoms with Crippen LogP contribution in [0.1, 0.15) is 32.4 Å². The molecule has 0 aliphatic heterocycles. The quantitative estimate of drug-likeness (QED) is 0.822. The highest BCUT2D eigenvalue weighted by Gasteiger charge is 2.16. The fourth-order valence-corrected chi connectivity index (χ4v) is 2.48. The zero-order valence-electron chi connectivity index (χ0n) is 10.1. The monoisotopic (exact) mass is 260 g/mol. The minimum absolute atomic E-state index is 0. The Kier molecular flexibility index (Phi) is 6.41. The van der Waals surface area contributed by atoms with Gasteiger partial charge in [-0.1, -0.05) is 39.0 Å². The largest absolute Gasteiger partial charge is 0.329 e. The van der Waals surface area contributed by atoms with E-state index in [0.29, 0.717) is 6.54 Å². The average molecular weight is 261 g/mol. The number of thioether (sulfide) groups is 1. The Morgan fingerprint density at radius 3 is 2.31 bits per heavy atom. The summed E-state index contributed by atoms with van der Waals surface area (Å²) >= 11 is 1.84. The van der Waals surface area contributed by atoms with Crippen molar-refractivity contribution < 1.29 is 0 Å². The second-order valence-electron chi connectivity index (χ2n) is 4.59. The number of nitrogens with two attached hydrogens (primary N) is 2. The van der Waals surface area contributed by atoms with Crippen molar-refractivity contribution >= 4 is 24.2 Å². The van der Waals surface area contributed by atoms with Gasteiger partial charge in [0.15, 0.2) is 0 Å². The van der Waals surface area contributed by atoms with E-state index in [2.05, 4.69) is 32.9 Å². The van der Waals surface area contributed by atoms with Crippen LogP contribution in [0, 0.1) is 0 Å². The van der Waals surface area contributed by atoms with E-state index in [1.165, 1.54) is 4.90 Å². The maximum atomic E-state index is 5.98. The molecular weight excluding hydrogens is 240 g/mol. The molecule has 0 aromatic heterocycles. The van der Waals surface area contributed by atoms with Crippen LogP contribution >= 0.6 is 24.2 Å². The maximum absolute atomic E-state index is 5.98.